The van der Waals surface area contributed by atoms with E-state index >= 15 is 0 Å². The van der Waals surface area contributed by atoms with Crippen LogP contribution in [0, 0.1) is 5.92 Å². The van der Waals surface area contributed by atoms with Crippen LogP contribution in [0.5, 0.6) is 0 Å². The molecule has 1 aliphatic carbocycles. The minimum Gasteiger partial charge on any atom is -0.377 e. The zero-order valence-corrected chi connectivity index (χ0v) is 11.2. The zero-order chi connectivity index (χ0) is 12.1. The Bertz CT molecular complexity index is 210. The largest absolute Gasteiger partial charge is 0.377 e. The Kier molecular flexibility index (Phi) is 5.26. The molecule has 2 unspecified atom stereocenters. The molecule has 0 aromatic heterocycles. The molecule has 2 fully saturated rings. The first-order chi connectivity index (χ1) is 8.29. The number of hydrogen-bond acceptors (Lipinski definition) is 3. The van der Waals surface area contributed by atoms with Gasteiger partial charge >= 0.3 is 0 Å². The van der Waals surface area contributed by atoms with Gasteiger partial charge in [0.15, 0.2) is 0 Å². The van der Waals surface area contributed by atoms with Gasteiger partial charge in [-0.3, -0.25) is 4.90 Å². The molecule has 0 amide bonds. The van der Waals surface area contributed by atoms with Crippen LogP contribution in [0.25, 0.3) is 0 Å². The summed E-state index contributed by atoms with van der Waals surface area (Å²) in [7, 11) is 0. The molecule has 100 valence electrons. The molecule has 2 rings (SSSR count). The predicted octanol–water partition coefficient (Wildman–Crippen LogP) is 2.00. The maximum absolute atomic E-state index is 6.35. The number of hydrogen-bond donors (Lipinski definition) is 1. The summed E-state index contributed by atoms with van der Waals surface area (Å²) >= 11 is 0. The topological polar surface area (TPSA) is 38.5 Å². The Hall–Kier alpha value is -0.120. The van der Waals surface area contributed by atoms with E-state index in [9.17, 15) is 0 Å². The fraction of sp³-hybridized carbons (Fsp3) is 1.00. The van der Waals surface area contributed by atoms with Gasteiger partial charge in [-0.2, -0.15) is 0 Å². The van der Waals surface area contributed by atoms with Crippen LogP contribution in [0.4, 0.5) is 0 Å². The van der Waals surface area contributed by atoms with Crippen molar-refractivity contribution in [2.45, 2.75) is 57.6 Å². The van der Waals surface area contributed by atoms with Crippen molar-refractivity contribution in [3.05, 3.63) is 0 Å². The van der Waals surface area contributed by atoms with E-state index in [0.717, 1.165) is 32.2 Å². The van der Waals surface area contributed by atoms with E-state index in [0.29, 0.717) is 12.1 Å². The van der Waals surface area contributed by atoms with E-state index in [1.54, 1.807) is 0 Å². The molecule has 0 bridgehead atoms. The van der Waals surface area contributed by atoms with Gasteiger partial charge in [-0.05, 0) is 38.1 Å². The van der Waals surface area contributed by atoms with Crippen LogP contribution in [-0.4, -0.2) is 43.3 Å². The Labute approximate surface area is 106 Å². The van der Waals surface area contributed by atoms with Gasteiger partial charge in [-0.1, -0.05) is 19.8 Å². The molecule has 1 saturated carbocycles. The first-order valence-electron chi connectivity index (χ1n) is 7.39. The van der Waals surface area contributed by atoms with Crippen molar-refractivity contribution >= 4 is 0 Å². The molecule has 1 heterocycles. The number of nitrogens with zero attached hydrogens (tertiary/aromatic N) is 1. The normalized spacial score (nSPS) is 28.1. The van der Waals surface area contributed by atoms with E-state index < -0.39 is 0 Å². The molecule has 2 aliphatic rings. The van der Waals surface area contributed by atoms with Crippen LogP contribution in [0.2, 0.25) is 0 Å². The van der Waals surface area contributed by atoms with Crippen molar-refractivity contribution in [3.8, 4) is 0 Å². The van der Waals surface area contributed by atoms with Gasteiger partial charge in [0.1, 0.15) is 0 Å². The molecule has 2 N–H and O–H groups in total. The van der Waals surface area contributed by atoms with Crippen LogP contribution in [0.3, 0.4) is 0 Å². The van der Waals surface area contributed by atoms with Crippen molar-refractivity contribution in [1.82, 2.24) is 4.90 Å². The third-order valence-electron chi connectivity index (χ3n) is 4.41. The van der Waals surface area contributed by atoms with Gasteiger partial charge in [-0.15, -0.1) is 0 Å². The highest BCUT2D eigenvalue weighted by atomic mass is 16.5. The maximum Gasteiger partial charge on any atom is 0.0702 e. The molecular formula is C14H28N2O. The minimum absolute atomic E-state index is 0.374. The van der Waals surface area contributed by atoms with E-state index in [1.807, 2.05) is 0 Å². The lowest BCUT2D eigenvalue weighted by atomic mass is 9.98. The summed E-state index contributed by atoms with van der Waals surface area (Å²) < 4.78 is 5.71. The van der Waals surface area contributed by atoms with Crippen LogP contribution >= 0.6 is 0 Å². The molecule has 2 atom stereocenters. The van der Waals surface area contributed by atoms with Crippen molar-refractivity contribution in [2.24, 2.45) is 11.7 Å². The average Bonchev–Trinajstić information content (AvgIpc) is 3.00. The van der Waals surface area contributed by atoms with Crippen LogP contribution in [0.1, 0.15) is 45.4 Å². The lowest BCUT2D eigenvalue weighted by Gasteiger charge is -2.29. The monoisotopic (exact) mass is 240 g/mol. The second kappa shape index (κ2) is 6.72. The van der Waals surface area contributed by atoms with Gasteiger partial charge < -0.3 is 10.5 Å². The SMILES string of the molecule is CCN(CC1CCCO1)CC(N)C1CCCC1. The second-order valence-electron chi connectivity index (χ2n) is 5.70. The van der Waals surface area contributed by atoms with Crippen molar-refractivity contribution in [1.29, 1.82) is 0 Å². The molecule has 0 radical (unpaired) electrons. The first-order valence-corrected chi connectivity index (χ1v) is 7.39. The summed E-state index contributed by atoms with van der Waals surface area (Å²) in [5, 5.41) is 0. The summed E-state index contributed by atoms with van der Waals surface area (Å²) in [4.78, 5) is 2.49. The fourth-order valence-electron chi connectivity index (χ4n) is 3.24. The number of likely N-dealkylation sites (N-methyl/N-ethyl adjacent to an activating group) is 1. The Morgan fingerprint density at radius 3 is 2.59 bits per heavy atom. The van der Waals surface area contributed by atoms with Gasteiger partial charge in [0.25, 0.3) is 0 Å². The van der Waals surface area contributed by atoms with Gasteiger partial charge in [0.05, 0.1) is 6.10 Å². The van der Waals surface area contributed by atoms with E-state index in [4.69, 9.17) is 10.5 Å². The minimum atomic E-state index is 0.374. The molecule has 0 aromatic rings. The standard InChI is InChI=1S/C14H28N2O/c1-2-16(10-13-8-5-9-17-13)11-14(15)12-6-3-4-7-12/h12-14H,2-11,15H2,1H3. The zero-order valence-electron chi connectivity index (χ0n) is 11.2. The molecule has 3 heteroatoms. The highest BCUT2D eigenvalue weighted by Gasteiger charge is 2.25. The van der Waals surface area contributed by atoms with Gasteiger partial charge in [0, 0.05) is 25.7 Å². The van der Waals surface area contributed by atoms with E-state index in [2.05, 4.69) is 11.8 Å². The Morgan fingerprint density at radius 1 is 1.24 bits per heavy atom. The lowest BCUT2D eigenvalue weighted by molar-refractivity contribution is 0.0707. The molecular weight excluding hydrogens is 212 g/mol. The molecule has 3 nitrogen and oxygen atoms in total. The fourth-order valence-corrected chi connectivity index (χ4v) is 3.24. The summed E-state index contributed by atoms with van der Waals surface area (Å²) in [6.07, 6.45) is 8.39. The smallest absolute Gasteiger partial charge is 0.0702 e. The van der Waals surface area contributed by atoms with E-state index in [1.165, 1.54) is 38.5 Å². The van der Waals surface area contributed by atoms with Crippen molar-refractivity contribution in [2.75, 3.05) is 26.2 Å². The maximum atomic E-state index is 6.35. The summed E-state index contributed by atoms with van der Waals surface area (Å²) in [6.45, 7) is 6.42. The molecule has 0 aromatic carbocycles. The second-order valence-corrected chi connectivity index (χ2v) is 5.70. The third kappa shape index (κ3) is 3.94. The molecule has 1 aliphatic heterocycles. The summed E-state index contributed by atoms with van der Waals surface area (Å²) in [6, 6.07) is 0.374. The Morgan fingerprint density at radius 2 is 2.00 bits per heavy atom. The third-order valence-corrected chi connectivity index (χ3v) is 4.41. The molecule has 0 spiro atoms. The summed E-state index contributed by atoms with van der Waals surface area (Å²) in [5.74, 6) is 0.772. The van der Waals surface area contributed by atoms with Gasteiger partial charge in [0.2, 0.25) is 0 Å². The van der Waals surface area contributed by atoms with Crippen molar-refractivity contribution < 1.29 is 4.74 Å². The van der Waals surface area contributed by atoms with Gasteiger partial charge in [-0.25, -0.2) is 0 Å². The quantitative estimate of drug-likeness (QED) is 0.772. The highest BCUT2D eigenvalue weighted by Crippen LogP contribution is 2.27. The number of nitrogens with two attached hydrogens (primary N) is 1. The molecule has 17 heavy (non-hydrogen) atoms. The average molecular weight is 240 g/mol. The first kappa shape index (κ1) is 13.3. The summed E-state index contributed by atoms with van der Waals surface area (Å²) in [5.41, 5.74) is 6.35. The lowest BCUT2D eigenvalue weighted by Crippen LogP contribution is -2.44. The van der Waals surface area contributed by atoms with Crippen molar-refractivity contribution in [3.63, 3.8) is 0 Å². The van der Waals surface area contributed by atoms with E-state index in [-0.39, 0.29) is 0 Å². The number of rotatable bonds is 6. The van der Waals surface area contributed by atoms with Crippen LogP contribution in [0.15, 0.2) is 0 Å². The Balaban J connectivity index is 1.73. The predicted molar refractivity (Wildman–Crippen MR) is 71.0 cm³/mol. The van der Waals surface area contributed by atoms with Crippen LogP contribution < -0.4 is 5.73 Å². The highest BCUT2D eigenvalue weighted by molar-refractivity contribution is 4.81. The molecule has 1 saturated heterocycles. The number of ether oxygens (including phenoxy) is 1. The van der Waals surface area contributed by atoms with Crippen LogP contribution in [-0.2, 0) is 4.74 Å².